The lowest BCUT2D eigenvalue weighted by atomic mass is 9.91. The number of hydrogen-bond donors (Lipinski definition) is 0. The van der Waals surface area contributed by atoms with Gasteiger partial charge < -0.3 is 9.47 Å². The van der Waals surface area contributed by atoms with Crippen molar-refractivity contribution in [3.63, 3.8) is 0 Å². The van der Waals surface area contributed by atoms with Crippen molar-refractivity contribution in [3.05, 3.63) is 174 Å². The molecule has 9 rings (SSSR count). The summed E-state index contributed by atoms with van der Waals surface area (Å²) in [4.78, 5) is 2.41. The second kappa shape index (κ2) is 11.0. The number of para-hydroxylation sites is 3. The van der Waals surface area contributed by atoms with Crippen LogP contribution in [0.3, 0.4) is 0 Å². The maximum Gasteiger partial charge on any atom is 0.0998 e. The summed E-state index contributed by atoms with van der Waals surface area (Å²) in [6.07, 6.45) is 8.83. The number of fused-ring (bicyclic) bond motifs is 6. The average Bonchev–Trinajstić information content (AvgIpc) is 3.67. The highest BCUT2D eigenvalue weighted by Gasteiger charge is 2.37. The molecule has 4 heteroatoms. The first-order chi connectivity index (χ1) is 23.7. The van der Waals surface area contributed by atoms with Crippen LogP contribution in [0.25, 0.3) is 49.7 Å². The summed E-state index contributed by atoms with van der Waals surface area (Å²) in [5.41, 5.74) is 12.1. The zero-order chi connectivity index (χ0) is 32.2. The van der Waals surface area contributed by atoms with Crippen molar-refractivity contribution in [1.82, 2.24) is 4.57 Å². The van der Waals surface area contributed by atoms with Crippen molar-refractivity contribution >= 4 is 33.2 Å². The van der Waals surface area contributed by atoms with Crippen LogP contribution in [0.1, 0.15) is 22.6 Å². The van der Waals surface area contributed by atoms with E-state index in [1.807, 2.05) is 30.3 Å². The Morgan fingerprint density at radius 1 is 0.542 bits per heavy atom. The molecule has 0 bridgehead atoms. The predicted molar refractivity (Wildman–Crippen MR) is 194 cm³/mol. The molecule has 224 valence electrons. The van der Waals surface area contributed by atoms with Gasteiger partial charge in [-0.15, -0.1) is 0 Å². The Bertz CT molecular complexity index is 2570. The van der Waals surface area contributed by atoms with E-state index < -0.39 is 0 Å². The van der Waals surface area contributed by atoms with Crippen molar-refractivity contribution in [3.8, 4) is 40.1 Å². The van der Waals surface area contributed by atoms with Crippen LogP contribution in [-0.4, -0.2) is 10.6 Å². The minimum absolute atomic E-state index is 0.182. The Labute approximate surface area is 279 Å². The Balaban J connectivity index is 1.19. The van der Waals surface area contributed by atoms with E-state index in [-0.39, 0.29) is 12.0 Å². The molecule has 2 aliphatic rings. The highest BCUT2D eigenvalue weighted by molar-refractivity contribution is 6.10. The predicted octanol–water partition coefficient (Wildman–Crippen LogP) is 10.6. The molecule has 7 aromatic rings. The maximum absolute atomic E-state index is 10.3. The van der Waals surface area contributed by atoms with E-state index in [4.69, 9.17) is 0 Å². The van der Waals surface area contributed by atoms with Gasteiger partial charge in [-0.3, -0.25) is 0 Å². The van der Waals surface area contributed by atoms with Crippen LogP contribution in [0.2, 0.25) is 0 Å². The average molecular weight is 613 g/mol. The van der Waals surface area contributed by atoms with E-state index in [1.165, 1.54) is 11.3 Å². The van der Waals surface area contributed by atoms with Crippen LogP contribution in [0.15, 0.2) is 158 Å². The summed E-state index contributed by atoms with van der Waals surface area (Å²) in [6.45, 7) is 0. The molecule has 0 saturated carbocycles. The van der Waals surface area contributed by atoms with E-state index in [1.54, 1.807) is 0 Å². The van der Waals surface area contributed by atoms with Crippen molar-refractivity contribution < 1.29 is 0 Å². The first kappa shape index (κ1) is 27.7. The van der Waals surface area contributed by atoms with Crippen molar-refractivity contribution in [2.75, 3.05) is 4.90 Å². The van der Waals surface area contributed by atoms with Crippen LogP contribution in [0.5, 0.6) is 0 Å². The second-order valence-corrected chi connectivity index (χ2v) is 12.4. The number of nitrogens with zero attached hydrogens (tertiary/aromatic N) is 4. The molecule has 0 spiro atoms. The van der Waals surface area contributed by atoms with E-state index in [9.17, 15) is 10.5 Å². The lowest BCUT2D eigenvalue weighted by Crippen LogP contribution is -2.28. The van der Waals surface area contributed by atoms with Gasteiger partial charge in [0, 0.05) is 39.2 Å². The standard InChI is InChI=1S/C44H28N4/c45-27-29-20-23-44-39(24-29)37-15-4-8-19-43(37)48(44)40-16-5-1-12-34(40)30-10-9-11-31(25-30)38-26-33(22-21-32(38)28-46)47-41-17-6-2-13-35(41)36-14-3-7-18-42(36)47/h1-26,35,41H. The largest absolute Gasteiger partial charge is 0.333 e. The number of anilines is 2. The van der Waals surface area contributed by atoms with Gasteiger partial charge in [-0.25, -0.2) is 0 Å². The molecule has 4 nitrogen and oxygen atoms in total. The second-order valence-electron chi connectivity index (χ2n) is 12.4. The van der Waals surface area contributed by atoms with Crippen LogP contribution in [-0.2, 0) is 0 Å². The summed E-state index contributed by atoms with van der Waals surface area (Å²) >= 11 is 0. The number of rotatable bonds is 4. The summed E-state index contributed by atoms with van der Waals surface area (Å²) < 4.78 is 2.29. The van der Waals surface area contributed by atoms with Gasteiger partial charge in [0.2, 0.25) is 0 Å². The van der Waals surface area contributed by atoms with Crippen molar-refractivity contribution in [2.24, 2.45) is 0 Å². The molecular weight excluding hydrogens is 585 g/mol. The van der Waals surface area contributed by atoms with Gasteiger partial charge in [0.1, 0.15) is 0 Å². The fourth-order valence-corrected chi connectivity index (χ4v) is 7.68. The number of nitriles is 2. The van der Waals surface area contributed by atoms with Gasteiger partial charge in [-0.2, -0.15) is 10.5 Å². The Hall–Kier alpha value is -6.62. The zero-order valence-corrected chi connectivity index (χ0v) is 26.0. The molecule has 6 aromatic carbocycles. The molecule has 2 atom stereocenters. The fourth-order valence-electron chi connectivity index (χ4n) is 7.68. The van der Waals surface area contributed by atoms with Gasteiger partial charge in [0.15, 0.2) is 0 Å². The molecule has 2 heterocycles. The first-order valence-corrected chi connectivity index (χ1v) is 16.1. The zero-order valence-electron chi connectivity index (χ0n) is 26.0. The van der Waals surface area contributed by atoms with Crippen LogP contribution < -0.4 is 4.90 Å². The fraction of sp³-hybridized carbons (Fsp3) is 0.0455. The van der Waals surface area contributed by atoms with Crippen LogP contribution >= 0.6 is 0 Å². The van der Waals surface area contributed by atoms with E-state index >= 15 is 0 Å². The highest BCUT2D eigenvalue weighted by atomic mass is 15.2. The minimum atomic E-state index is 0.182. The lowest BCUT2D eigenvalue weighted by molar-refractivity contribution is 0.745. The maximum atomic E-state index is 10.3. The molecule has 1 aliphatic heterocycles. The molecule has 2 unspecified atom stereocenters. The first-order valence-electron chi connectivity index (χ1n) is 16.1. The third kappa shape index (κ3) is 4.21. The molecule has 0 N–H and O–H groups in total. The lowest BCUT2D eigenvalue weighted by Gasteiger charge is -2.29. The Kier molecular flexibility index (Phi) is 6.35. The molecule has 0 radical (unpaired) electrons. The number of benzene rings is 6. The molecule has 1 aliphatic carbocycles. The molecule has 1 aromatic heterocycles. The van der Waals surface area contributed by atoms with Gasteiger partial charge in [-0.05, 0) is 77.4 Å². The number of hydrogen-bond acceptors (Lipinski definition) is 3. The molecular formula is C44H28N4. The van der Waals surface area contributed by atoms with Gasteiger partial charge in [0.05, 0.1) is 46.0 Å². The molecule has 0 fully saturated rings. The topological polar surface area (TPSA) is 55.8 Å². The van der Waals surface area contributed by atoms with E-state index in [2.05, 4.69) is 149 Å². The summed E-state index contributed by atoms with van der Waals surface area (Å²) in [6, 6.07) is 51.0. The number of allylic oxidation sites excluding steroid dienone is 2. The molecule has 0 amide bonds. The SMILES string of the molecule is N#Cc1ccc2c(c1)c1ccccc1n2-c1ccccc1-c1cccc(-c2cc(N3c4ccccc4C4C=CC=CC43)ccc2C#N)c1. The van der Waals surface area contributed by atoms with Gasteiger partial charge >= 0.3 is 0 Å². The summed E-state index contributed by atoms with van der Waals surface area (Å²) in [5.74, 6) is 0.289. The Morgan fingerprint density at radius 2 is 1.29 bits per heavy atom. The van der Waals surface area contributed by atoms with E-state index in [0.29, 0.717) is 11.1 Å². The van der Waals surface area contributed by atoms with Crippen LogP contribution in [0.4, 0.5) is 11.4 Å². The third-order valence-electron chi connectivity index (χ3n) is 9.79. The highest BCUT2D eigenvalue weighted by Crippen LogP contribution is 2.48. The normalized spacial score (nSPS) is 16.1. The third-order valence-corrected chi connectivity index (χ3v) is 9.79. The molecule has 48 heavy (non-hydrogen) atoms. The molecule has 0 saturated heterocycles. The monoisotopic (exact) mass is 612 g/mol. The van der Waals surface area contributed by atoms with Gasteiger partial charge in [-0.1, -0.05) is 97.1 Å². The number of aromatic nitrogens is 1. The summed E-state index contributed by atoms with van der Waals surface area (Å²) in [5, 5.41) is 22.1. The van der Waals surface area contributed by atoms with Gasteiger partial charge in [0.25, 0.3) is 0 Å². The van der Waals surface area contributed by atoms with Crippen molar-refractivity contribution in [1.29, 1.82) is 10.5 Å². The smallest absolute Gasteiger partial charge is 0.0998 e. The quantitative estimate of drug-likeness (QED) is 0.199. The minimum Gasteiger partial charge on any atom is -0.333 e. The van der Waals surface area contributed by atoms with Crippen LogP contribution in [0, 0.1) is 22.7 Å². The van der Waals surface area contributed by atoms with Crippen molar-refractivity contribution in [2.45, 2.75) is 12.0 Å². The van der Waals surface area contributed by atoms with E-state index in [0.717, 1.165) is 55.4 Å². The summed E-state index contributed by atoms with van der Waals surface area (Å²) in [7, 11) is 0. The Morgan fingerprint density at radius 3 is 2.17 bits per heavy atom.